The van der Waals surface area contributed by atoms with Crippen LogP contribution in [0.5, 0.6) is 0 Å². The first-order chi connectivity index (χ1) is 8.97. The molecular formula is C12H12F3N3S. The lowest BCUT2D eigenvalue weighted by Crippen LogP contribution is -2.13. The Morgan fingerprint density at radius 1 is 1.32 bits per heavy atom. The third-order valence-corrected chi connectivity index (χ3v) is 3.39. The van der Waals surface area contributed by atoms with Crippen LogP contribution in [0.4, 0.5) is 19.0 Å². The summed E-state index contributed by atoms with van der Waals surface area (Å²) >= 11 is 1.54. The lowest BCUT2D eigenvalue weighted by Gasteiger charge is -2.12. The maximum Gasteiger partial charge on any atom is 0.419 e. The molecule has 0 saturated carbocycles. The second-order valence-corrected chi connectivity index (χ2v) is 5.26. The number of aryl methyl sites for hydroxylation is 1. The lowest BCUT2D eigenvalue weighted by atomic mass is 10.2. The quantitative estimate of drug-likeness (QED) is 0.935. The van der Waals surface area contributed by atoms with E-state index in [1.165, 1.54) is 23.6 Å². The highest BCUT2D eigenvalue weighted by Crippen LogP contribution is 2.33. The van der Waals surface area contributed by atoms with Gasteiger partial charge in [-0.15, -0.1) is 11.3 Å². The fraction of sp³-hybridized carbons (Fsp3) is 0.333. The van der Waals surface area contributed by atoms with Gasteiger partial charge in [0.1, 0.15) is 5.82 Å². The normalized spacial score (nSPS) is 11.6. The van der Waals surface area contributed by atoms with Gasteiger partial charge in [0.25, 0.3) is 0 Å². The summed E-state index contributed by atoms with van der Waals surface area (Å²) in [6.45, 7) is 2.31. The van der Waals surface area contributed by atoms with Crippen LogP contribution in [0.2, 0.25) is 0 Å². The standard InChI is InChI=1S/C12H12F3N3S/c1-8-7-18-10(19-8)4-6-17-11-9(12(13,14)15)3-2-5-16-11/h2-3,5,7H,4,6H2,1H3,(H,16,17). The molecule has 0 radical (unpaired) electrons. The number of nitrogens with one attached hydrogen (secondary N) is 1. The summed E-state index contributed by atoms with van der Waals surface area (Å²) in [7, 11) is 0. The molecule has 0 spiro atoms. The first kappa shape index (κ1) is 13.8. The van der Waals surface area contributed by atoms with Crippen molar-refractivity contribution in [1.29, 1.82) is 0 Å². The topological polar surface area (TPSA) is 37.8 Å². The molecule has 0 aromatic carbocycles. The predicted octanol–water partition coefficient (Wildman–Crippen LogP) is 3.52. The molecule has 0 unspecified atom stereocenters. The van der Waals surface area contributed by atoms with Gasteiger partial charge in [-0.25, -0.2) is 9.97 Å². The van der Waals surface area contributed by atoms with Gasteiger partial charge in [-0.2, -0.15) is 13.2 Å². The predicted molar refractivity (Wildman–Crippen MR) is 68.3 cm³/mol. The number of halogens is 3. The molecule has 3 nitrogen and oxygen atoms in total. The Hall–Kier alpha value is -1.63. The smallest absolute Gasteiger partial charge is 0.369 e. The molecule has 2 rings (SSSR count). The first-order valence-corrected chi connectivity index (χ1v) is 6.46. The van der Waals surface area contributed by atoms with E-state index >= 15 is 0 Å². The third kappa shape index (κ3) is 3.66. The van der Waals surface area contributed by atoms with E-state index in [1.54, 1.807) is 6.20 Å². The van der Waals surface area contributed by atoms with E-state index in [4.69, 9.17) is 0 Å². The molecular weight excluding hydrogens is 275 g/mol. The minimum Gasteiger partial charge on any atom is -0.369 e. The Labute approximate surface area is 112 Å². The van der Waals surface area contributed by atoms with Crippen molar-refractivity contribution in [2.24, 2.45) is 0 Å². The number of pyridine rings is 1. The van der Waals surface area contributed by atoms with Crippen LogP contribution >= 0.6 is 11.3 Å². The van der Waals surface area contributed by atoms with Crippen molar-refractivity contribution in [2.45, 2.75) is 19.5 Å². The molecule has 0 bridgehead atoms. The number of nitrogens with zero attached hydrogens (tertiary/aromatic N) is 2. The SMILES string of the molecule is Cc1cnc(CCNc2ncccc2C(F)(F)F)s1. The zero-order valence-electron chi connectivity index (χ0n) is 10.2. The van der Waals surface area contributed by atoms with Crippen molar-refractivity contribution >= 4 is 17.2 Å². The van der Waals surface area contributed by atoms with E-state index in [1.807, 2.05) is 6.92 Å². The molecule has 0 aliphatic rings. The van der Waals surface area contributed by atoms with Crippen LogP contribution < -0.4 is 5.32 Å². The largest absolute Gasteiger partial charge is 0.419 e. The highest BCUT2D eigenvalue weighted by molar-refractivity contribution is 7.11. The summed E-state index contributed by atoms with van der Waals surface area (Å²) in [5, 5.41) is 3.61. The van der Waals surface area contributed by atoms with Gasteiger partial charge in [0, 0.05) is 30.2 Å². The number of aromatic nitrogens is 2. The molecule has 7 heteroatoms. The summed E-state index contributed by atoms with van der Waals surface area (Å²) in [6.07, 6.45) is -0.728. The van der Waals surface area contributed by atoms with Gasteiger partial charge in [-0.3, -0.25) is 0 Å². The van der Waals surface area contributed by atoms with Crippen LogP contribution in [0.1, 0.15) is 15.4 Å². The van der Waals surface area contributed by atoms with E-state index in [-0.39, 0.29) is 5.82 Å². The van der Waals surface area contributed by atoms with Crippen molar-refractivity contribution in [3.63, 3.8) is 0 Å². The average molecular weight is 287 g/mol. The monoisotopic (exact) mass is 287 g/mol. The zero-order chi connectivity index (χ0) is 13.9. The Morgan fingerprint density at radius 2 is 2.11 bits per heavy atom. The summed E-state index contributed by atoms with van der Waals surface area (Å²) in [6, 6.07) is 2.29. The maximum atomic E-state index is 12.7. The van der Waals surface area contributed by atoms with Crippen molar-refractivity contribution in [3.8, 4) is 0 Å². The molecule has 0 fully saturated rings. The summed E-state index contributed by atoms with van der Waals surface area (Å²) < 4.78 is 38.1. The van der Waals surface area contributed by atoms with Crippen LogP contribution in [0.3, 0.4) is 0 Å². The van der Waals surface area contributed by atoms with Gasteiger partial charge < -0.3 is 5.32 Å². The molecule has 0 atom stereocenters. The molecule has 1 N–H and O–H groups in total. The van der Waals surface area contributed by atoms with Gasteiger partial charge in [-0.1, -0.05) is 0 Å². The van der Waals surface area contributed by atoms with Gasteiger partial charge in [0.15, 0.2) is 0 Å². The summed E-state index contributed by atoms with van der Waals surface area (Å²) in [5.41, 5.74) is -0.745. The van der Waals surface area contributed by atoms with E-state index in [9.17, 15) is 13.2 Å². The fourth-order valence-corrected chi connectivity index (χ4v) is 2.37. The molecule has 2 heterocycles. The molecule has 19 heavy (non-hydrogen) atoms. The van der Waals surface area contributed by atoms with Crippen LogP contribution in [-0.2, 0) is 12.6 Å². The first-order valence-electron chi connectivity index (χ1n) is 5.64. The van der Waals surface area contributed by atoms with E-state index in [0.29, 0.717) is 13.0 Å². The summed E-state index contributed by atoms with van der Waals surface area (Å²) in [4.78, 5) is 8.97. The van der Waals surface area contributed by atoms with Crippen molar-refractivity contribution in [3.05, 3.63) is 40.0 Å². The second-order valence-electron chi connectivity index (χ2n) is 3.94. The molecule has 0 aliphatic carbocycles. The Bertz CT molecular complexity index is 551. The Morgan fingerprint density at radius 3 is 2.74 bits per heavy atom. The number of anilines is 1. The highest BCUT2D eigenvalue weighted by atomic mass is 32.1. The molecule has 0 aliphatic heterocycles. The third-order valence-electron chi connectivity index (χ3n) is 2.41. The van der Waals surface area contributed by atoms with Crippen LogP contribution in [-0.4, -0.2) is 16.5 Å². The molecule has 0 saturated heterocycles. The lowest BCUT2D eigenvalue weighted by molar-refractivity contribution is -0.137. The van der Waals surface area contributed by atoms with E-state index in [2.05, 4.69) is 15.3 Å². The van der Waals surface area contributed by atoms with Gasteiger partial charge in [0.2, 0.25) is 0 Å². The number of hydrogen-bond donors (Lipinski definition) is 1. The second kappa shape index (κ2) is 5.56. The fourth-order valence-electron chi connectivity index (χ4n) is 1.58. The Kier molecular flexibility index (Phi) is 4.04. The average Bonchev–Trinajstić information content (AvgIpc) is 2.74. The molecule has 0 amide bonds. The van der Waals surface area contributed by atoms with E-state index < -0.39 is 11.7 Å². The zero-order valence-corrected chi connectivity index (χ0v) is 11.0. The van der Waals surface area contributed by atoms with Crippen LogP contribution in [0, 0.1) is 6.92 Å². The number of alkyl halides is 3. The number of thiazole rings is 1. The van der Waals surface area contributed by atoms with Gasteiger partial charge in [0.05, 0.1) is 10.6 Å². The minimum atomic E-state index is -4.39. The molecule has 2 aromatic rings. The van der Waals surface area contributed by atoms with Crippen molar-refractivity contribution in [1.82, 2.24) is 9.97 Å². The van der Waals surface area contributed by atoms with Crippen LogP contribution in [0.25, 0.3) is 0 Å². The highest BCUT2D eigenvalue weighted by Gasteiger charge is 2.33. The molecule has 2 aromatic heterocycles. The van der Waals surface area contributed by atoms with Gasteiger partial charge >= 0.3 is 6.18 Å². The van der Waals surface area contributed by atoms with E-state index in [0.717, 1.165) is 16.0 Å². The molecule has 102 valence electrons. The summed E-state index contributed by atoms with van der Waals surface area (Å²) in [5.74, 6) is -0.136. The number of rotatable bonds is 4. The van der Waals surface area contributed by atoms with Crippen molar-refractivity contribution < 1.29 is 13.2 Å². The van der Waals surface area contributed by atoms with Gasteiger partial charge in [-0.05, 0) is 19.1 Å². The maximum absolute atomic E-state index is 12.7. The Balaban J connectivity index is 2.00. The minimum absolute atomic E-state index is 0.136. The van der Waals surface area contributed by atoms with Crippen LogP contribution in [0.15, 0.2) is 24.5 Å². The number of hydrogen-bond acceptors (Lipinski definition) is 4. The van der Waals surface area contributed by atoms with Crippen molar-refractivity contribution in [2.75, 3.05) is 11.9 Å².